The van der Waals surface area contributed by atoms with E-state index in [0.29, 0.717) is 58.0 Å². The van der Waals surface area contributed by atoms with Crippen molar-refractivity contribution < 1.29 is 19.1 Å². The average Bonchev–Trinajstić information content (AvgIpc) is 3.51. The molecule has 6 rings (SSSR count). The van der Waals surface area contributed by atoms with Gasteiger partial charge >= 0.3 is 12.1 Å². The van der Waals surface area contributed by atoms with Crippen LogP contribution in [0.25, 0.3) is 10.9 Å². The lowest BCUT2D eigenvalue weighted by molar-refractivity contribution is -0.142. The molecule has 2 fully saturated rings. The molecule has 0 spiro atoms. The SMILES string of the molecule is CCCCCCN(C)C1CCN(C(=O)[C@@H](Cc2ccc3[nH]ncc3c2)OC(=O)N2CCC(N3CCc4ccccc4NC3=O)CC2)CC1. The maximum Gasteiger partial charge on any atom is 0.410 e. The Morgan fingerprint density at radius 2 is 1.75 bits per heavy atom. The number of aromatic nitrogens is 2. The molecule has 2 N–H and O–H groups in total. The molecule has 0 saturated carbocycles. The molecule has 11 heteroatoms. The third kappa shape index (κ3) is 8.11. The van der Waals surface area contributed by atoms with Gasteiger partial charge in [0.2, 0.25) is 0 Å². The fraction of sp³-hybridized carbons (Fsp3) is 0.568. The van der Waals surface area contributed by atoms with Crippen LogP contribution < -0.4 is 5.32 Å². The van der Waals surface area contributed by atoms with E-state index in [9.17, 15) is 14.4 Å². The summed E-state index contributed by atoms with van der Waals surface area (Å²) in [7, 11) is 2.20. The van der Waals surface area contributed by atoms with E-state index in [1.807, 2.05) is 46.2 Å². The van der Waals surface area contributed by atoms with Crippen LogP contribution in [0.1, 0.15) is 69.4 Å². The minimum atomic E-state index is -0.919. The van der Waals surface area contributed by atoms with Crippen LogP contribution in [-0.4, -0.2) is 112 Å². The number of rotatable bonds is 11. The molecule has 48 heavy (non-hydrogen) atoms. The first-order chi connectivity index (χ1) is 23.4. The number of likely N-dealkylation sites (tertiary alicyclic amines) is 2. The second-order valence-electron chi connectivity index (χ2n) is 13.7. The van der Waals surface area contributed by atoms with Gasteiger partial charge in [0.15, 0.2) is 6.10 Å². The molecule has 0 unspecified atom stereocenters. The number of carbonyl (C=O) groups is 3. The number of H-pyrrole nitrogens is 1. The normalized spacial score (nSPS) is 18.5. The zero-order valence-corrected chi connectivity index (χ0v) is 28.5. The summed E-state index contributed by atoms with van der Waals surface area (Å²) in [5, 5.41) is 11.1. The molecule has 0 aliphatic carbocycles. The molecule has 2 aromatic carbocycles. The van der Waals surface area contributed by atoms with E-state index in [1.165, 1.54) is 25.7 Å². The Hall–Kier alpha value is -4.12. The third-order valence-electron chi connectivity index (χ3n) is 10.5. The van der Waals surface area contributed by atoms with Gasteiger partial charge in [-0.1, -0.05) is 50.5 Å². The predicted molar refractivity (Wildman–Crippen MR) is 187 cm³/mol. The summed E-state index contributed by atoms with van der Waals surface area (Å²) < 4.78 is 6.09. The van der Waals surface area contributed by atoms with Gasteiger partial charge in [-0.2, -0.15) is 5.10 Å². The van der Waals surface area contributed by atoms with Crippen molar-refractivity contribution >= 4 is 34.6 Å². The van der Waals surface area contributed by atoms with Crippen LogP contribution in [0.4, 0.5) is 15.3 Å². The first kappa shape index (κ1) is 33.8. The molecule has 11 nitrogen and oxygen atoms in total. The Kier molecular flexibility index (Phi) is 11.2. The highest BCUT2D eigenvalue weighted by molar-refractivity contribution is 5.91. The number of hydrogen-bond donors (Lipinski definition) is 2. The summed E-state index contributed by atoms with van der Waals surface area (Å²) in [4.78, 5) is 48.7. The van der Waals surface area contributed by atoms with Crippen molar-refractivity contribution in [2.45, 2.75) is 89.3 Å². The number of amides is 4. The number of urea groups is 1. The average molecular weight is 658 g/mol. The lowest BCUT2D eigenvalue weighted by Gasteiger charge is -2.39. The second kappa shape index (κ2) is 15.9. The van der Waals surface area contributed by atoms with Crippen molar-refractivity contribution in [2.75, 3.05) is 51.6 Å². The van der Waals surface area contributed by atoms with Crippen molar-refractivity contribution in [3.63, 3.8) is 0 Å². The highest BCUT2D eigenvalue weighted by atomic mass is 16.6. The molecule has 0 bridgehead atoms. The Bertz CT molecular complexity index is 1540. The molecular formula is C37H51N7O4. The lowest BCUT2D eigenvalue weighted by atomic mass is 10.0. The molecule has 0 radical (unpaired) electrons. The number of anilines is 1. The highest BCUT2D eigenvalue weighted by Crippen LogP contribution is 2.26. The number of piperidine rings is 2. The molecule has 3 aliphatic heterocycles. The van der Waals surface area contributed by atoms with Gasteiger partial charge in [0.05, 0.1) is 11.7 Å². The molecule has 4 amide bonds. The summed E-state index contributed by atoms with van der Waals surface area (Å²) in [6.45, 7) is 6.21. The van der Waals surface area contributed by atoms with Crippen molar-refractivity contribution in [1.29, 1.82) is 0 Å². The van der Waals surface area contributed by atoms with Crippen LogP contribution in [0.5, 0.6) is 0 Å². The maximum atomic E-state index is 14.0. The van der Waals surface area contributed by atoms with Crippen LogP contribution in [0.2, 0.25) is 0 Å². The first-order valence-corrected chi connectivity index (χ1v) is 17.9. The van der Waals surface area contributed by atoms with Gasteiger partial charge in [-0.25, -0.2) is 9.59 Å². The number of unbranched alkanes of at least 4 members (excludes halogenated alkanes) is 3. The number of nitrogens with one attached hydrogen (secondary N) is 2. The smallest absolute Gasteiger partial charge is 0.410 e. The molecular weight excluding hydrogens is 606 g/mol. The maximum absolute atomic E-state index is 14.0. The largest absolute Gasteiger partial charge is 0.436 e. The van der Waals surface area contributed by atoms with Gasteiger partial charge in [0.25, 0.3) is 5.91 Å². The topological polar surface area (TPSA) is 114 Å². The Morgan fingerprint density at radius 3 is 2.54 bits per heavy atom. The monoisotopic (exact) mass is 657 g/mol. The van der Waals surface area contributed by atoms with Crippen LogP contribution in [0.3, 0.4) is 0 Å². The number of hydrogen-bond acceptors (Lipinski definition) is 6. The summed E-state index contributed by atoms with van der Waals surface area (Å²) >= 11 is 0. The Balaban J connectivity index is 1.06. The zero-order chi connectivity index (χ0) is 33.5. The van der Waals surface area contributed by atoms with Crippen LogP contribution >= 0.6 is 0 Å². The fourth-order valence-electron chi connectivity index (χ4n) is 7.51. The molecule has 258 valence electrons. The van der Waals surface area contributed by atoms with E-state index in [1.54, 1.807) is 11.1 Å². The number of para-hydroxylation sites is 1. The number of fused-ring (bicyclic) bond motifs is 2. The second-order valence-corrected chi connectivity index (χ2v) is 13.7. The van der Waals surface area contributed by atoms with E-state index in [-0.39, 0.29) is 18.0 Å². The van der Waals surface area contributed by atoms with E-state index < -0.39 is 12.2 Å². The van der Waals surface area contributed by atoms with Gasteiger partial charge in [-0.3, -0.25) is 9.89 Å². The van der Waals surface area contributed by atoms with Crippen molar-refractivity contribution in [3.05, 3.63) is 59.8 Å². The van der Waals surface area contributed by atoms with Crippen LogP contribution in [0.15, 0.2) is 48.7 Å². The van der Waals surface area contributed by atoms with Gasteiger partial charge in [0.1, 0.15) is 0 Å². The summed E-state index contributed by atoms with van der Waals surface area (Å²) in [6, 6.07) is 14.2. The summed E-state index contributed by atoms with van der Waals surface area (Å²) in [5.41, 5.74) is 3.84. The molecule has 4 heterocycles. The quantitative estimate of drug-likeness (QED) is 0.257. The number of aromatic amines is 1. The summed E-state index contributed by atoms with van der Waals surface area (Å²) in [6.07, 6.45) is 9.60. The fourth-order valence-corrected chi connectivity index (χ4v) is 7.51. The van der Waals surface area contributed by atoms with E-state index in [2.05, 4.69) is 40.5 Å². The first-order valence-electron chi connectivity index (χ1n) is 17.9. The van der Waals surface area contributed by atoms with E-state index >= 15 is 0 Å². The lowest BCUT2D eigenvalue weighted by Crippen LogP contribution is -2.52. The van der Waals surface area contributed by atoms with Crippen LogP contribution in [-0.2, 0) is 22.4 Å². The number of ether oxygens (including phenoxy) is 1. The highest BCUT2D eigenvalue weighted by Gasteiger charge is 2.36. The van der Waals surface area contributed by atoms with E-state index in [0.717, 1.165) is 53.5 Å². The number of benzene rings is 2. The van der Waals surface area contributed by atoms with Gasteiger partial charge < -0.3 is 29.7 Å². The Morgan fingerprint density at radius 1 is 0.979 bits per heavy atom. The minimum Gasteiger partial charge on any atom is -0.436 e. The van der Waals surface area contributed by atoms with Gasteiger partial charge in [-0.05, 0) is 81.4 Å². The van der Waals surface area contributed by atoms with Gasteiger partial charge in [0, 0.05) is 62.3 Å². The zero-order valence-electron chi connectivity index (χ0n) is 28.5. The molecule has 3 aromatic rings. The molecule has 1 atom stereocenters. The Labute approximate surface area is 283 Å². The van der Waals surface area contributed by atoms with Crippen LogP contribution in [0, 0.1) is 0 Å². The minimum absolute atomic E-state index is 0.0357. The molecule has 3 aliphatic rings. The molecule has 1 aromatic heterocycles. The van der Waals surface area contributed by atoms with E-state index in [4.69, 9.17) is 4.74 Å². The van der Waals surface area contributed by atoms with Crippen molar-refractivity contribution in [3.8, 4) is 0 Å². The predicted octanol–water partition coefficient (Wildman–Crippen LogP) is 5.67. The summed E-state index contributed by atoms with van der Waals surface area (Å²) in [5.74, 6) is -0.129. The van der Waals surface area contributed by atoms with Gasteiger partial charge in [-0.15, -0.1) is 0 Å². The number of nitrogens with zero attached hydrogens (tertiary/aromatic N) is 5. The number of carbonyl (C=O) groups excluding carboxylic acids is 3. The van der Waals surface area contributed by atoms with Crippen molar-refractivity contribution in [1.82, 2.24) is 29.8 Å². The third-order valence-corrected chi connectivity index (χ3v) is 10.5. The molecule has 2 saturated heterocycles. The standard InChI is InChI=1S/C37H51N7O4/c1-3-4-5-8-18-41(2)30-14-19-42(20-15-30)35(45)34(25-27-11-12-33-29(24-27)26-38-40-33)48-37(47)43-21-16-31(17-22-43)44-23-13-28-9-6-7-10-32(28)39-36(44)46/h6-7,9-12,24,26,30-31,34H,3-5,8,13-23,25H2,1-2H3,(H,38,40)(H,39,46)/t34-/m1/s1. The van der Waals surface area contributed by atoms with Crippen molar-refractivity contribution in [2.24, 2.45) is 0 Å².